The van der Waals surface area contributed by atoms with Crippen LogP contribution < -0.4 is 10.2 Å². The number of piperazine rings is 1. The molecule has 1 aliphatic heterocycles. The van der Waals surface area contributed by atoms with Gasteiger partial charge in [-0.25, -0.2) is 0 Å². The molecule has 1 aliphatic carbocycles. The van der Waals surface area contributed by atoms with Crippen molar-refractivity contribution in [2.75, 3.05) is 31.1 Å². The molecule has 0 saturated carbocycles. The summed E-state index contributed by atoms with van der Waals surface area (Å²) in [5.74, 6) is 0.204. The van der Waals surface area contributed by atoms with E-state index in [0.717, 1.165) is 64.7 Å². The predicted molar refractivity (Wildman–Crippen MR) is 148 cm³/mol. The zero-order chi connectivity index (χ0) is 24.6. The molecule has 1 amide bonds. The quantitative estimate of drug-likeness (QED) is 0.364. The molecule has 4 heteroatoms. The van der Waals surface area contributed by atoms with Crippen LogP contribution in [0.2, 0.25) is 0 Å². The van der Waals surface area contributed by atoms with Gasteiger partial charge in [0.15, 0.2) is 0 Å². The summed E-state index contributed by atoms with van der Waals surface area (Å²) in [6.45, 7) is 4.22. The summed E-state index contributed by atoms with van der Waals surface area (Å²) in [6, 6.07) is 30.9. The minimum Gasteiger partial charge on any atom is -0.368 e. The molecule has 3 aromatic carbocycles. The van der Waals surface area contributed by atoms with E-state index >= 15 is 0 Å². The van der Waals surface area contributed by atoms with E-state index in [9.17, 15) is 4.79 Å². The van der Waals surface area contributed by atoms with Gasteiger partial charge in [0.05, 0.1) is 12.1 Å². The Kier molecular flexibility index (Phi) is 8.35. The van der Waals surface area contributed by atoms with E-state index in [2.05, 4.69) is 100 Å². The fraction of sp³-hybridized carbons (Fsp3) is 0.406. The maximum atomic E-state index is 12.7. The van der Waals surface area contributed by atoms with Gasteiger partial charge < -0.3 is 10.2 Å². The molecule has 4 nitrogen and oxygen atoms in total. The maximum absolute atomic E-state index is 12.7. The zero-order valence-electron chi connectivity index (χ0n) is 21.3. The van der Waals surface area contributed by atoms with Crippen molar-refractivity contribution in [2.24, 2.45) is 0 Å². The van der Waals surface area contributed by atoms with Gasteiger partial charge in [0.2, 0.25) is 5.91 Å². The van der Waals surface area contributed by atoms with Crippen molar-refractivity contribution >= 4 is 11.6 Å². The Morgan fingerprint density at radius 1 is 0.833 bits per heavy atom. The van der Waals surface area contributed by atoms with Gasteiger partial charge in [-0.1, -0.05) is 79.2 Å². The molecule has 0 spiro atoms. The Hall–Kier alpha value is -3.11. The first-order valence-corrected chi connectivity index (χ1v) is 13.7. The van der Waals surface area contributed by atoms with Crippen molar-refractivity contribution in [1.82, 2.24) is 10.2 Å². The largest absolute Gasteiger partial charge is 0.368 e. The third-order valence-electron chi connectivity index (χ3n) is 7.85. The van der Waals surface area contributed by atoms with Crippen LogP contribution in [0.25, 0.3) is 0 Å². The molecule has 36 heavy (non-hydrogen) atoms. The second-order valence-corrected chi connectivity index (χ2v) is 10.3. The Bertz CT molecular complexity index is 1100. The van der Waals surface area contributed by atoms with Gasteiger partial charge in [-0.3, -0.25) is 9.69 Å². The number of nitrogens with one attached hydrogen (secondary N) is 1. The van der Waals surface area contributed by atoms with Gasteiger partial charge in [-0.2, -0.15) is 0 Å². The molecular formula is C32H39N3O. The number of hydrogen-bond acceptors (Lipinski definition) is 3. The van der Waals surface area contributed by atoms with Gasteiger partial charge >= 0.3 is 0 Å². The summed E-state index contributed by atoms with van der Waals surface area (Å²) in [6.07, 6.45) is 7.15. The number of aryl methyl sites for hydroxylation is 1. The average Bonchev–Trinajstić information content (AvgIpc) is 2.94. The number of carbonyl (C=O) groups excluding carboxylic acids is 1. The number of anilines is 1. The zero-order valence-corrected chi connectivity index (χ0v) is 21.3. The summed E-state index contributed by atoms with van der Waals surface area (Å²) in [5.41, 5.74) is 5.42. The first-order valence-electron chi connectivity index (χ1n) is 13.7. The SMILES string of the molecule is O=C(CCCCCN1CCN(c2ccccc2)CC1c1ccccc1)NC1CCCc2ccccc21. The molecule has 188 valence electrons. The van der Waals surface area contributed by atoms with Gasteiger partial charge in [-0.15, -0.1) is 0 Å². The minimum atomic E-state index is 0.190. The fourth-order valence-electron chi connectivity index (χ4n) is 5.90. The first kappa shape index (κ1) is 24.6. The maximum Gasteiger partial charge on any atom is 0.220 e. The highest BCUT2D eigenvalue weighted by Gasteiger charge is 2.28. The number of unbranched alkanes of at least 4 members (excludes halogenated alkanes) is 2. The van der Waals surface area contributed by atoms with E-state index in [4.69, 9.17) is 0 Å². The molecule has 1 fully saturated rings. The number of para-hydroxylation sites is 1. The Morgan fingerprint density at radius 2 is 1.58 bits per heavy atom. The monoisotopic (exact) mass is 481 g/mol. The van der Waals surface area contributed by atoms with Gasteiger partial charge in [0.25, 0.3) is 0 Å². The van der Waals surface area contributed by atoms with Crippen LogP contribution in [0.3, 0.4) is 0 Å². The summed E-state index contributed by atoms with van der Waals surface area (Å²) >= 11 is 0. The number of benzene rings is 3. The van der Waals surface area contributed by atoms with Crippen molar-refractivity contribution in [1.29, 1.82) is 0 Å². The molecule has 2 unspecified atom stereocenters. The lowest BCUT2D eigenvalue weighted by molar-refractivity contribution is -0.122. The normalized spacial score (nSPS) is 20.1. The molecular weight excluding hydrogens is 442 g/mol. The summed E-state index contributed by atoms with van der Waals surface area (Å²) in [7, 11) is 0. The van der Waals surface area contributed by atoms with E-state index in [1.165, 1.54) is 22.4 Å². The van der Waals surface area contributed by atoms with E-state index in [-0.39, 0.29) is 11.9 Å². The second kappa shape index (κ2) is 12.2. The molecule has 3 aromatic rings. The minimum absolute atomic E-state index is 0.190. The van der Waals surface area contributed by atoms with E-state index in [0.29, 0.717) is 12.5 Å². The molecule has 0 radical (unpaired) electrons. The smallest absolute Gasteiger partial charge is 0.220 e. The number of fused-ring (bicyclic) bond motifs is 1. The molecule has 1 heterocycles. The molecule has 1 N–H and O–H groups in total. The van der Waals surface area contributed by atoms with E-state index in [1.54, 1.807) is 0 Å². The van der Waals surface area contributed by atoms with Crippen molar-refractivity contribution in [2.45, 2.75) is 57.0 Å². The third-order valence-corrected chi connectivity index (χ3v) is 7.85. The highest BCUT2D eigenvalue weighted by Crippen LogP contribution is 2.30. The third kappa shape index (κ3) is 6.17. The van der Waals surface area contributed by atoms with Gasteiger partial charge in [-0.05, 0) is 67.5 Å². The van der Waals surface area contributed by atoms with Crippen LogP contribution in [0, 0.1) is 0 Å². The Balaban J connectivity index is 1.09. The Morgan fingerprint density at radius 3 is 2.42 bits per heavy atom. The summed E-state index contributed by atoms with van der Waals surface area (Å²) < 4.78 is 0. The highest BCUT2D eigenvalue weighted by atomic mass is 16.1. The van der Waals surface area contributed by atoms with Crippen LogP contribution in [-0.4, -0.2) is 37.0 Å². The van der Waals surface area contributed by atoms with Crippen LogP contribution in [0.1, 0.15) is 67.3 Å². The highest BCUT2D eigenvalue weighted by molar-refractivity contribution is 5.76. The number of rotatable bonds is 9. The van der Waals surface area contributed by atoms with Crippen LogP contribution in [0.4, 0.5) is 5.69 Å². The average molecular weight is 482 g/mol. The lowest BCUT2D eigenvalue weighted by atomic mass is 9.87. The number of carbonyl (C=O) groups is 1. The molecule has 1 saturated heterocycles. The number of amides is 1. The van der Waals surface area contributed by atoms with Crippen molar-refractivity contribution < 1.29 is 4.79 Å². The molecule has 2 atom stereocenters. The summed E-state index contributed by atoms with van der Waals surface area (Å²) in [4.78, 5) is 17.8. The second-order valence-electron chi connectivity index (χ2n) is 10.3. The van der Waals surface area contributed by atoms with Gasteiger partial charge in [0, 0.05) is 31.7 Å². The lowest BCUT2D eigenvalue weighted by Gasteiger charge is -2.43. The van der Waals surface area contributed by atoms with Crippen molar-refractivity contribution in [3.8, 4) is 0 Å². The van der Waals surface area contributed by atoms with Crippen LogP contribution in [0.5, 0.6) is 0 Å². The van der Waals surface area contributed by atoms with Crippen LogP contribution in [-0.2, 0) is 11.2 Å². The van der Waals surface area contributed by atoms with Crippen molar-refractivity contribution in [3.63, 3.8) is 0 Å². The lowest BCUT2D eigenvalue weighted by Crippen LogP contribution is -2.48. The van der Waals surface area contributed by atoms with Gasteiger partial charge in [0.1, 0.15) is 0 Å². The standard InChI is InChI=1S/C32H39N3O/c36-32(33-30-20-12-16-26-13-9-10-19-29(26)30)21-8-3-11-22-34-23-24-35(28-17-6-2-7-18-28)25-31(34)27-14-4-1-5-15-27/h1-2,4-7,9-10,13-15,17-19,30-31H,3,8,11-12,16,20-25H2,(H,33,36). The molecule has 5 rings (SSSR count). The Labute approximate surface area is 216 Å². The molecule has 0 aromatic heterocycles. The predicted octanol–water partition coefficient (Wildman–Crippen LogP) is 6.30. The fourth-order valence-corrected chi connectivity index (χ4v) is 5.90. The molecule has 2 aliphatic rings. The number of hydrogen-bond donors (Lipinski definition) is 1. The molecule has 0 bridgehead atoms. The van der Waals surface area contributed by atoms with Crippen LogP contribution in [0.15, 0.2) is 84.9 Å². The van der Waals surface area contributed by atoms with Crippen LogP contribution >= 0.6 is 0 Å². The first-order chi connectivity index (χ1) is 17.8. The van der Waals surface area contributed by atoms with E-state index < -0.39 is 0 Å². The van der Waals surface area contributed by atoms with E-state index in [1.807, 2.05) is 0 Å². The number of nitrogens with zero attached hydrogens (tertiary/aromatic N) is 2. The summed E-state index contributed by atoms with van der Waals surface area (Å²) in [5, 5.41) is 3.31. The van der Waals surface area contributed by atoms with Crippen molar-refractivity contribution in [3.05, 3.63) is 102 Å². The topological polar surface area (TPSA) is 35.6 Å².